The van der Waals surface area contributed by atoms with E-state index in [1.807, 2.05) is 0 Å². The molecule has 260 valence electrons. The molecular weight excluding hydrogens is 629 g/mol. The summed E-state index contributed by atoms with van der Waals surface area (Å²) >= 11 is 0. The second-order valence-corrected chi connectivity index (χ2v) is 16.4. The van der Waals surface area contributed by atoms with Crippen LogP contribution < -0.4 is 9.80 Å². The largest absolute Gasteiger partial charge is 0.331 e. The van der Waals surface area contributed by atoms with Crippen molar-refractivity contribution in [2.24, 2.45) is 0 Å². The van der Waals surface area contributed by atoms with Gasteiger partial charge in [0.25, 0.3) is 0 Å². The van der Waals surface area contributed by atoms with Gasteiger partial charge in [0.1, 0.15) is 0 Å². The number of anilines is 4. The normalized spacial score (nSPS) is 19.9. The number of benzene rings is 6. The van der Waals surface area contributed by atoms with Crippen molar-refractivity contribution in [1.82, 2.24) is 0 Å². The third-order valence-corrected chi connectivity index (χ3v) is 12.9. The molecule has 6 aromatic carbocycles. The van der Waals surface area contributed by atoms with Gasteiger partial charge in [-0.1, -0.05) is 117 Å². The molecule has 0 saturated carbocycles. The zero-order valence-electron chi connectivity index (χ0n) is 32.1. The number of hydrogen-bond donors (Lipinski definition) is 0. The lowest BCUT2D eigenvalue weighted by Crippen LogP contribution is -2.51. The van der Waals surface area contributed by atoms with Crippen molar-refractivity contribution in [1.29, 1.82) is 0 Å². The predicted octanol–water partition coefficient (Wildman–Crippen LogP) is 13.0. The van der Waals surface area contributed by atoms with Crippen LogP contribution in [0.3, 0.4) is 0 Å². The number of rotatable bonds is 8. The lowest BCUT2D eigenvalue weighted by atomic mass is 9.65. The van der Waals surface area contributed by atoms with Crippen LogP contribution in [0.5, 0.6) is 0 Å². The minimum atomic E-state index is -0.162. The Morgan fingerprint density at radius 2 is 0.827 bits per heavy atom. The minimum absolute atomic E-state index is 0.104. The van der Waals surface area contributed by atoms with E-state index in [-0.39, 0.29) is 16.5 Å². The maximum Gasteiger partial charge on any atom is 0.0960 e. The monoisotopic (exact) mass is 678 g/mol. The molecule has 3 aliphatic carbocycles. The third kappa shape index (κ3) is 4.56. The average molecular weight is 679 g/mol. The lowest BCUT2D eigenvalue weighted by Gasteiger charge is -2.53. The van der Waals surface area contributed by atoms with Crippen molar-refractivity contribution in [3.05, 3.63) is 177 Å². The molecule has 52 heavy (non-hydrogen) atoms. The SMILES string of the molecule is CCC1(N(c2ccc(C)cc2)c2ccc(C)cc2)Cc2cc3c(cc21)C(C)(C)c1cc2c(cc1-3)C2(CC)N(c1ccc(C)cc1)c1ccc(C)cc1. The number of nitrogens with zero attached hydrogens (tertiary/aromatic N) is 2. The number of aryl methyl sites for hydroxylation is 4. The van der Waals surface area contributed by atoms with Gasteiger partial charge >= 0.3 is 0 Å². The summed E-state index contributed by atoms with van der Waals surface area (Å²) < 4.78 is 0. The molecule has 0 amide bonds. The summed E-state index contributed by atoms with van der Waals surface area (Å²) in [6.45, 7) is 18.3. The van der Waals surface area contributed by atoms with E-state index < -0.39 is 0 Å². The first-order chi connectivity index (χ1) is 25.0. The van der Waals surface area contributed by atoms with Crippen LogP contribution in [0.4, 0.5) is 22.7 Å². The smallest absolute Gasteiger partial charge is 0.0960 e. The van der Waals surface area contributed by atoms with Crippen LogP contribution in [0.2, 0.25) is 0 Å². The fourth-order valence-corrected chi connectivity index (χ4v) is 9.81. The molecule has 9 rings (SSSR count). The standard InChI is InChI=1S/C50H50N2/c1-9-49(51(37-19-11-32(3)12-20-37)38-21-13-33(4)14-22-38)31-36-27-41-42-28-46-47(30-45(42)48(7,8)44(41)29-43(36)49)50(46,10-2)52(39-23-15-34(5)16-24-39)40-25-17-35(6)18-26-40/h11-30H,9-10,31H2,1-8H3. The van der Waals surface area contributed by atoms with Crippen molar-refractivity contribution < 1.29 is 0 Å². The highest BCUT2D eigenvalue weighted by Gasteiger charge is 2.57. The molecular formula is C50H50N2. The number of hydrogen-bond acceptors (Lipinski definition) is 2. The van der Waals surface area contributed by atoms with Crippen LogP contribution in [0.1, 0.15) is 96.2 Å². The van der Waals surface area contributed by atoms with Gasteiger partial charge in [0.05, 0.1) is 11.1 Å². The third-order valence-electron chi connectivity index (χ3n) is 12.9. The molecule has 0 radical (unpaired) electrons. The molecule has 0 N–H and O–H groups in total. The van der Waals surface area contributed by atoms with Gasteiger partial charge in [-0.25, -0.2) is 0 Å². The van der Waals surface area contributed by atoms with Crippen LogP contribution in [0, 0.1) is 27.7 Å². The molecule has 3 aliphatic rings. The van der Waals surface area contributed by atoms with Crippen molar-refractivity contribution in [2.75, 3.05) is 9.80 Å². The van der Waals surface area contributed by atoms with Crippen LogP contribution >= 0.6 is 0 Å². The van der Waals surface area contributed by atoms with Gasteiger partial charge in [-0.15, -0.1) is 0 Å². The van der Waals surface area contributed by atoms with Gasteiger partial charge < -0.3 is 9.80 Å². The Hall–Kier alpha value is -5.08. The van der Waals surface area contributed by atoms with Crippen LogP contribution in [0.15, 0.2) is 121 Å². The van der Waals surface area contributed by atoms with Gasteiger partial charge in [0.15, 0.2) is 0 Å². The average Bonchev–Trinajstić information content (AvgIpc) is 3.72. The topological polar surface area (TPSA) is 6.48 Å². The Morgan fingerprint density at radius 1 is 0.442 bits per heavy atom. The highest BCUT2D eigenvalue weighted by molar-refractivity contribution is 5.89. The van der Waals surface area contributed by atoms with Crippen molar-refractivity contribution >= 4 is 22.7 Å². The van der Waals surface area contributed by atoms with Gasteiger partial charge in [-0.2, -0.15) is 0 Å². The van der Waals surface area contributed by atoms with E-state index in [9.17, 15) is 0 Å². The second-order valence-electron chi connectivity index (χ2n) is 16.4. The van der Waals surface area contributed by atoms with E-state index >= 15 is 0 Å². The summed E-state index contributed by atoms with van der Waals surface area (Å²) in [7, 11) is 0. The van der Waals surface area contributed by atoms with E-state index in [1.54, 1.807) is 0 Å². The lowest BCUT2D eigenvalue weighted by molar-refractivity contribution is 0.362. The Balaban J connectivity index is 1.16. The van der Waals surface area contributed by atoms with Crippen LogP contribution in [-0.2, 0) is 22.9 Å². The van der Waals surface area contributed by atoms with Crippen LogP contribution in [-0.4, -0.2) is 0 Å². The maximum atomic E-state index is 2.63. The second kappa shape index (κ2) is 11.5. The van der Waals surface area contributed by atoms with Gasteiger partial charge in [-0.05, 0) is 140 Å². The Kier molecular flexibility index (Phi) is 7.23. The van der Waals surface area contributed by atoms with E-state index in [0.717, 1.165) is 19.3 Å². The molecule has 2 nitrogen and oxygen atoms in total. The molecule has 2 atom stereocenters. The van der Waals surface area contributed by atoms with E-state index in [1.165, 1.54) is 89.5 Å². The molecule has 2 heteroatoms. The molecule has 0 saturated heterocycles. The molecule has 0 bridgehead atoms. The Morgan fingerprint density at radius 3 is 1.25 bits per heavy atom. The van der Waals surface area contributed by atoms with E-state index in [2.05, 4.69) is 187 Å². The number of fused-ring (bicyclic) bond motifs is 5. The summed E-state index contributed by atoms with van der Waals surface area (Å²) in [5.74, 6) is 0. The van der Waals surface area contributed by atoms with Crippen molar-refractivity contribution in [3.63, 3.8) is 0 Å². The molecule has 0 aromatic heterocycles. The summed E-state index contributed by atoms with van der Waals surface area (Å²) in [4.78, 5) is 5.24. The highest BCUT2D eigenvalue weighted by atomic mass is 15.2. The highest BCUT2D eigenvalue weighted by Crippen LogP contribution is 2.64. The summed E-state index contributed by atoms with van der Waals surface area (Å²) in [6.07, 6.45) is 3.08. The first kappa shape index (κ1) is 32.8. The summed E-state index contributed by atoms with van der Waals surface area (Å²) in [5.41, 5.74) is 21.5. The van der Waals surface area contributed by atoms with Crippen LogP contribution in [0.25, 0.3) is 11.1 Å². The Bertz CT molecular complexity index is 2250. The fourth-order valence-electron chi connectivity index (χ4n) is 9.81. The maximum absolute atomic E-state index is 2.63. The van der Waals surface area contributed by atoms with Gasteiger partial charge in [-0.3, -0.25) is 0 Å². The fraction of sp³-hybridized carbons (Fsp3) is 0.280. The summed E-state index contributed by atoms with van der Waals surface area (Å²) in [6, 6.07) is 46.8. The predicted molar refractivity (Wildman–Crippen MR) is 220 cm³/mol. The molecule has 6 aromatic rings. The zero-order chi connectivity index (χ0) is 36.2. The first-order valence-corrected chi connectivity index (χ1v) is 19.3. The molecule has 0 heterocycles. The molecule has 0 aliphatic heterocycles. The van der Waals surface area contributed by atoms with Gasteiger partial charge in [0, 0.05) is 34.6 Å². The van der Waals surface area contributed by atoms with E-state index in [0.29, 0.717) is 0 Å². The van der Waals surface area contributed by atoms with E-state index in [4.69, 9.17) is 0 Å². The first-order valence-electron chi connectivity index (χ1n) is 19.3. The quantitative estimate of drug-likeness (QED) is 0.158. The molecule has 2 unspecified atom stereocenters. The van der Waals surface area contributed by atoms with Crippen molar-refractivity contribution in [3.8, 4) is 11.1 Å². The zero-order valence-corrected chi connectivity index (χ0v) is 32.1. The van der Waals surface area contributed by atoms with Gasteiger partial charge in [0.2, 0.25) is 0 Å². The Labute approximate surface area is 310 Å². The minimum Gasteiger partial charge on any atom is -0.331 e. The molecule has 0 fully saturated rings. The molecule has 0 spiro atoms. The summed E-state index contributed by atoms with van der Waals surface area (Å²) in [5, 5.41) is 0. The van der Waals surface area contributed by atoms with Crippen molar-refractivity contribution in [2.45, 2.75) is 91.1 Å².